The molecule has 0 saturated carbocycles. The maximum atomic E-state index is 12.3. The van der Waals surface area contributed by atoms with E-state index in [1.165, 1.54) is 12.8 Å². The number of nitrogens with zero attached hydrogens (tertiary/aromatic N) is 1. The Labute approximate surface area is 108 Å². The van der Waals surface area contributed by atoms with Gasteiger partial charge in [-0.2, -0.15) is 0 Å². The summed E-state index contributed by atoms with van der Waals surface area (Å²) in [5.41, 5.74) is 0. The summed E-state index contributed by atoms with van der Waals surface area (Å²) >= 11 is 0. The van der Waals surface area contributed by atoms with Crippen LogP contribution in [0.3, 0.4) is 0 Å². The normalized spacial score (nSPS) is 19.8. The first-order valence-electron chi connectivity index (χ1n) is 6.77. The number of piperidine rings is 1. The molecular weight excluding hydrogens is 228 g/mol. The minimum absolute atomic E-state index is 0.0103. The van der Waals surface area contributed by atoms with Crippen LogP contribution in [0, 0.1) is 12.8 Å². The predicted molar refractivity (Wildman–Crippen MR) is 70.6 cm³/mol. The molecule has 1 saturated heterocycles. The molecule has 1 N–H and O–H groups in total. The first-order valence-corrected chi connectivity index (χ1v) is 6.77. The molecule has 1 atom stereocenters. The molecule has 1 fully saturated rings. The van der Waals surface area contributed by atoms with Gasteiger partial charge in [0.05, 0.1) is 0 Å². The van der Waals surface area contributed by atoms with Crippen molar-refractivity contribution in [3.63, 3.8) is 0 Å². The number of amides is 1. The van der Waals surface area contributed by atoms with Gasteiger partial charge in [-0.3, -0.25) is 4.79 Å². The van der Waals surface area contributed by atoms with E-state index in [0.717, 1.165) is 31.9 Å². The summed E-state index contributed by atoms with van der Waals surface area (Å²) in [5, 5.41) is 3.39. The first kappa shape index (κ1) is 13.1. The van der Waals surface area contributed by atoms with E-state index in [1.807, 2.05) is 24.8 Å². The van der Waals surface area contributed by atoms with Crippen LogP contribution in [0.15, 0.2) is 16.5 Å². The Balaban J connectivity index is 1.97. The second-order valence-electron chi connectivity index (χ2n) is 4.97. The maximum absolute atomic E-state index is 12.3. The fraction of sp³-hybridized carbons (Fsp3) is 0.643. The highest BCUT2D eigenvalue weighted by molar-refractivity contribution is 5.91. The lowest BCUT2D eigenvalue weighted by Gasteiger charge is -2.29. The molecule has 2 heterocycles. The quantitative estimate of drug-likeness (QED) is 0.889. The Kier molecular flexibility index (Phi) is 4.42. The van der Waals surface area contributed by atoms with Crippen LogP contribution in [0.2, 0.25) is 0 Å². The van der Waals surface area contributed by atoms with Gasteiger partial charge in [-0.1, -0.05) is 0 Å². The Hall–Kier alpha value is -1.29. The molecule has 4 heteroatoms. The molecule has 0 aromatic carbocycles. The Morgan fingerprint density at radius 3 is 2.94 bits per heavy atom. The van der Waals surface area contributed by atoms with Gasteiger partial charge in [0.1, 0.15) is 5.76 Å². The van der Waals surface area contributed by atoms with Crippen LogP contribution in [-0.4, -0.2) is 37.0 Å². The van der Waals surface area contributed by atoms with Crippen molar-refractivity contribution in [2.45, 2.75) is 26.7 Å². The van der Waals surface area contributed by atoms with E-state index in [-0.39, 0.29) is 5.91 Å². The summed E-state index contributed by atoms with van der Waals surface area (Å²) < 4.78 is 5.41. The lowest BCUT2D eigenvalue weighted by Crippen LogP contribution is -2.40. The third-order valence-electron chi connectivity index (χ3n) is 3.50. The number of nitrogens with one attached hydrogen (secondary N) is 1. The van der Waals surface area contributed by atoms with Gasteiger partial charge < -0.3 is 14.6 Å². The highest BCUT2D eigenvalue weighted by Crippen LogP contribution is 2.15. The van der Waals surface area contributed by atoms with Gasteiger partial charge in [0.25, 0.3) is 5.91 Å². The molecule has 0 bridgehead atoms. The van der Waals surface area contributed by atoms with E-state index in [2.05, 4.69) is 5.32 Å². The molecular formula is C14H22N2O2. The van der Waals surface area contributed by atoms with Crippen LogP contribution in [-0.2, 0) is 0 Å². The van der Waals surface area contributed by atoms with E-state index < -0.39 is 0 Å². The predicted octanol–water partition coefficient (Wildman–Crippen LogP) is 2.05. The summed E-state index contributed by atoms with van der Waals surface area (Å²) in [7, 11) is 0. The lowest BCUT2D eigenvalue weighted by atomic mass is 9.99. The summed E-state index contributed by atoms with van der Waals surface area (Å²) in [6, 6.07) is 3.60. The molecule has 1 aliphatic rings. The van der Waals surface area contributed by atoms with Crippen LogP contribution < -0.4 is 5.32 Å². The number of furan rings is 1. The largest absolute Gasteiger partial charge is 0.456 e. The van der Waals surface area contributed by atoms with Gasteiger partial charge in [0, 0.05) is 13.1 Å². The highest BCUT2D eigenvalue weighted by Gasteiger charge is 2.22. The van der Waals surface area contributed by atoms with Crippen LogP contribution in [0.1, 0.15) is 36.1 Å². The fourth-order valence-electron chi connectivity index (χ4n) is 2.45. The van der Waals surface area contributed by atoms with Gasteiger partial charge >= 0.3 is 0 Å². The van der Waals surface area contributed by atoms with Crippen molar-refractivity contribution in [2.24, 2.45) is 5.92 Å². The summed E-state index contributed by atoms with van der Waals surface area (Å²) in [5.74, 6) is 1.82. The van der Waals surface area contributed by atoms with Crippen molar-refractivity contribution in [1.29, 1.82) is 0 Å². The average molecular weight is 250 g/mol. The summed E-state index contributed by atoms with van der Waals surface area (Å²) in [6.07, 6.45) is 2.41. The zero-order valence-corrected chi connectivity index (χ0v) is 11.2. The van der Waals surface area contributed by atoms with Crippen molar-refractivity contribution >= 4 is 5.91 Å². The van der Waals surface area contributed by atoms with Gasteiger partial charge in [0.15, 0.2) is 5.76 Å². The number of hydrogen-bond acceptors (Lipinski definition) is 3. The van der Waals surface area contributed by atoms with E-state index in [9.17, 15) is 4.79 Å². The standard InChI is InChI=1S/C14H22N2O2/c1-3-16(10-12-5-4-8-15-9-12)14(17)13-7-6-11(2)18-13/h6-7,12,15H,3-5,8-10H2,1-2H3. The Bertz CT molecular complexity index is 394. The van der Waals surface area contributed by atoms with Crippen molar-refractivity contribution in [2.75, 3.05) is 26.2 Å². The molecule has 0 aliphatic carbocycles. The number of hydrogen-bond donors (Lipinski definition) is 1. The number of rotatable bonds is 4. The van der Waals surface area contributed by atoms with Crippen LogP contribution in [0.25, 0.3) is 0 Å². The fourth-order valence-corrected chi connectivity index (χ4v) is 2.45. The number of carbonyl (C=O) groups excluding carboxylic acids is 1. The molecule has 2 rings (SSSR count). The smallest absolute Gasteiger partial charge is 0.289 e. The van der Waals surface area contributed by atoms with Gasteiger partial charge in [-0.15, -0.1) is 0 Å². The summed E-state index contributed by atoms with van der Waals surface area (Å²) in [6.45, 7) is 7.55. The Morgan fingerprint density at radius 2 is 2.39 bits per heavy atom. The highest BCUT2D eigenvalue weighted by atomic mass is 16.3. The maximum Gasteiger partial charge on any atom is 0.289 e. The monoisotopic (exact) mass is 250 g/mol. The number of aryl methyl sites for hydroxylation is 1. The van der Waals surface area contributed by atoms with Gasteiger partial charge in [-0.05, 0) is 57.8 Å². The topological polar surface area (TPSA) is 45.5 Å². The zero-order valence-electron chi connectivity index (χ0n) is 11.2. The minimum Gasteiger partial charge on any atom is -0.456 e. The van der Waals surface area contributed by atoms with Crippen molar-refractivity contribution in [3.05, 3.63) is 23.7 Å². The average Bonchev–Trinajstić information content (AvgIpc) is 2.83. The molecule has 1 amide bonds. The van der Waals surface area contributed by atoms with Gasteiger partial charge in [0.2, 0.25) is 0 Å². The van der Waals surface area contributed by atoms with Crippen LogP contribution >= 0.6 is 0 Å². The third kappa shape index (κ3) is 3.13. The van der Waals surface area contributed by atoms with E-state index in [0.29, 0.717) is 11.7 Å². The number of carbonyl (C=O) groups is 1. The van der Waals surface area contributed by atoms with E-state index in [1.54, 1.807) is 6.07 Å². The third-order valence-corrected chi connectivity index (χ3v) is 3.50. The second kappa shape index (κ2) is 6.05. The van der Waals surface area contributed by atoms with Gasteiger partial charge in [-0.25, -0.2) is 0 Å². The first-order chi connectivity index (χ1) is 8.70. The lowest BCUT2D eigenvalue weighted by molar-refractivity contribution is 0.0695. The van der Waals surface area contributed by atoms with E-state index >= 15 is 0 Å². The molecule has 1 aromatic heterocycles. The molecule has 18 heavy (non-hydrogen) atoms. The second-order valence-corrected chi connectivity index (χ2v) is 4.97. The molecule has 1 aromatic rings. The zero-order chi connectivity index (χ0) is 13.0. The van der Waals surface area contributed by atoms with Crippen LogP contribution in [0.5, 0.6) is 0 Å². The molecule has 0 spiro atoms. The summed E-state index contributed by atoms with van der Waals surface area (Å²) in [4.78, 5) is 14.2. The molecule has 1 unspecified atom stereocenters. The van der Waals surface area contributed by atoms with Crippen molar-refractivity contribution in [3.8, 4) is 0 Å². The van der Waals surface area contributed by atoms with Crippen LogP contribution in [0.4, 0.5) is 0 Å². The minimum atomic E-state index is 0.0103. The molecule has 100 valence electrons. The van der Waals surface area contributed by atoms with E-state index in [4.69, 9.17) is 4.42 Å². The van der Waals surface area contributed by atoms with Crippen molar-refractivity contribution in [1.82, 2.24) is 10.2 Å². The Morgan fingerprint density at radius 1 is 1.56 bits per heavy atom. The molecule has 0 radical (unpaired) electrons. The SMILES string of the molecule is CCN(CC1CCCNC1)C(=O)c1ccc(C)o1. The van der Waals surface area contributed by atoms with Crippen molar-refractivity contribution < 1.29 is 9.21 Å². The molecule has 1 aliphatic heterocycles. The molecule has 4 nitrogen and oxygen atoms in total.